The summed E-state index contributed by atoms with van der Waals surface area (Å²) in [4.78, 5) is 11.7. The average molecular weight is 274 g/mol. The number of rotatable bonds is 5. The topological polar surface area (TPSA) is 81.2 Å². The van der Waals surface area contributed by atoms with Gasteiger partial charge in [-0.05, 0) is 19.3 Å². The van der Waals surface area contributed by atoms with Gasteiger partial charge in [-0.3, -0.25) is 4.79 Å². The Kier molecular flexibility index (Phi) is 4.76. The van der Waals surface area contributed by atoms with Crippen LogP contribution in [0.1, 0.15) is 43.7 Å². The fraction of sp³-hybridized carbons (Fsp3) is 0.667. The fourth-order valence-corrected chi connectivity index (χ4v) is 1.84. The molecule has 102 valence electrons. The molecule has 1 fully saturated rings. The van der Waals surface area contributed by atoms with Gasteiger partial charge in [-0.2, -0.15) is 0 Å². The number of carbonyl (C=O) groups excluding carboxylic acids is 1. The predicted octanol–water partition coefficient (Wildman–Crippen LogP) is 1.33. The van der Waals surface area contributed by atoms with Crippen LogP contribution in [0.3, 0.4) is 0 Å². The number of hydrogen-bond donors (Lipinski definition) is 2. The van der Waals surface area contributed by atoms with Crippen LogP contribution in [0.5, 0.6) is 0 Å². The molecule has 0 saturated heterocycles. The molecule has 0 unspecified atom stereocenters. The minimum absolute atomic E-state index is 0. The molecule has 0 aromatic carbocycles. The second kappa shape index (κ2) is 5.71. The van der Waals surface area contributed by atoms with Gasteiger partial charge in [0.05, 0.1) is 11.2 Å². The van der Waals surface area contributed by atoms with E-state index in [2.05, 4.69) is 10.5 Å². The molecule has 5 nitrogen and oxygen atoms in total. The first kappa shape index (κ1) is 15.0. The number of nitrogens with zero attached hydrogens (tertiary/aromatic N) is 1. The van der Waals surface area contributed by atoms with Crippen LogP contribution in [0.4, 0.5) is 0 Å². The van der Waals surface area contributed by atoms with Gasteiger partial charge in [-0.1, -0.05) is 19.0 Å². The highest BCUT2D eigenvalue weighted by molar-refractivity contribution is 5.88. The van der Waals surface area contributed by atoms with Crippen LogP contribution in [0.2, 0.25) is 0 Å². The van der Waals surface area contributed by atoms with Crippen molar-refractivity contribution >= 4 is 18.3 Å². The van der Waals surface area contributed by atoms with Crippen molar-refractivity contribution in [3.63, 3.8) is 0 Å². The maximum atomic E-state index is 11.7. The van der Waals surface area contributed by atoms with Crippen molar-refractivity contribution in [2.24, 2.45) is 5.73 Å². The molecule has 0 radical (unpaired) electrons. The van der Waals surface area contributed by atoms with Crippen LogP contribution >= 0.6 is 12.4 Å². The molecule has 0 atom stereocenters. The molecule has 18 heavy (non-hydrogen) atoms. The van der Waals surface area contributed by atoms with E-state index < -0.39 is 5.54 Å². The number of aryl methyl sites for hydroxylation is 2. The maximum Gasteiger partial charge on any atom is 0.240 e. The zero-order chi connectivity index (χ0) is 12.5. The number of carbonyl (C=O) groups is 1. The highest BCUT2D eigenvalue weighted by Gasteiger charge is 2.45. The summed E-state index contributed by atoms with van der Waals surface area (Å²) in [5.41, 5.74) is 7.13. The lowest BCUT2D eigenvalue weighted by molar-refractivity contribution is -0.123. The summed E-state index contributed by atoms with van der Waals surface area (Å²) in [5.74, 6) is 0.784. The Morgan fingerprint density at radius 2 is 2.11 bits per heavy atom. The van der Waals surface area contributed by atoms with E-state index in [1.54, 1.807) is 0 Å². The van der Waals surface area contributed by atoms with E-state index >= 15 is 0 Å². The Morgan fingerprint density at radius 3 is 2.61 bits per heavy atom. The summed E-state index contributed by atoms with van der Waals surface area (Å²) >= 11 is 0. The second-order valence-corrected chi connectivity index (χ2v) is 4.58. The van der Waals surface area contributed by atoms with Gasteiger partial charge in [0.15, 0.2) is 0 Å². The first-order chi connectivity index (χ1) is 8.10. The van der Waals surface area contributed by atoms with Crippen molar-refractivity contribution in [2.45, 2.75) is 51.6 Å². The van der Waals surface area contributed by atoms with Gasteiger partial charge in [0, 0.05) is 18.5 Å². The van der Waals surface area contributed by atoms with Crippen LogP contribution in [0.15, 0.2) is 4.52 Å². The lowest BCUT2D eigenvalue weighted by atomic mass is 10.1. The molecule has 3 N–H and O–H groups in total. The third kappa shape index (κ3) is 2.84. The van der Waals surface area contributed by atoms with Crippen molar-refractivity contribution in [3.05, 3.63) is 17.0 Å². The second-order valence-electron chi connectivity index (χ2n) is 4.58. The van der Waals surface area contributed by atoms with E-state index in [0.717, 1.165) is 42.7 Å². The van der Waals surface area contributed by atoms with Gasteiger partial charge >= 0.3 is 0 Å². The Balaban J connectivity index is 0.00000162. The Labute approximate surface area is 113 Å². The minimum atomic E-state index is -0.615. The van der Waals surface area contributed by atoms with Gasteiger partial charge in [0.25, 0.3) is 0 Å². The highest BCUT2D eigenvalue weighted by Crippen LogP contribution is 2.32. The van der Waals surface area contributed by atoms with Crippen molar-refractivity contribution in [2.75, 3.05) is 0 Å². The average Bonchev–Trinajstić information content (AvgIpc) is 2.96. The Bertz CT molecular complexity index is 405. The third-order valence-electron chi connectivity index (χ3n) is 3.27. The van der Waals surface area contributed by atoms with E-state index in [1.807, 2.05) is 13.8 Å². The summed E-state index contributed by atoms with van der Waals surface area (Å²) in [7, 11) is 0. The van der Waals surface area contributed by atoms with Crippen LogP contribution in [0, 0.1) is 0 Å². The van der Waals surface area contributed by atoms with E-state index in [1.165, 1.54) is 0 Å². The van der Waals surface area contributed by atoms with Gasteiger partial charge in [0.1, 0.15) is 5.76 Å². The number of nitrogens with one attached hydrogen (secondary N) is 1. The highest BCUT2D eigenvalue weighted by atomic mass is 35.5. The molecule has 0 aliphatic heterocycles. The SMILES string of the molecule is CCc1noc(CC)c1CNC(=O)C1(N)CC1.Cl. The van der Waals surface area contributed by atoms with Gasteiger partial charge < -0.3 is 15.6 Å². The third-order valence-corrected chi connectivity index (χ3v) is 3.27. The van der Waals surface area contributed by atoms with Gasteiger partial charge in [0.2, 0.25) is 5.91 Å². The monoisotopic (exact) mass is 273 g/mol. The summed E-state index contributed by atoms with van der Waals surface area (Å²) < 4.78 is 5.24. The molecule has 0 bridgehead atoms. The molecule has 1 aliphatic carbocycles. The van der Waals surface area contributed by atoms with Crippen molar-refractivity contribution < 1.29 is 9.32 Å². The maximum absolute atomic E-state index is 11.7. The summed E-state index contributed by atoms with van der Waals surface area (Å²) in [6, 6.07) is 0. The molecule has 2 rings (SSSR count). The molecular weight excluding hydrogens is 254 g/mol. The predicted molar refractivity (Wildman–Crippen MR) is 70.5 cm³/mol. The largest absolute Gasteiger partial charge is 0.361 e. The number of nitrogens with two attached hydrogens (primary N) is 1. The van der Waals surface area contributed by atoms with Crippen LogP contribution in [-0.2, 0) is 24.2 Å². The summed E-state index contributed by atoms with van der Waals surface area (Å²) in [6.45, 7) is 4.50. The summed E-state index contributed by atoms with van der Waals surface area (Å²) in [5, 5.41) is 6.88. The van der Waals surface area contributed by atoms with Gasteiger partial charge in [-0.25, -0.2) is 0 Å². The lowest BCUT2D eigenvalue weighted by Crippen LogP contribution is -2.42. The normalized spacial score (nSPS) is 15.9. The molecule has 1 heterocycles. The van der Waals surface area contributed by atoms with Crippen LogP contribution in [-0.4, -0.2) is 16.6 Å². The Hall–Kier alpha value is -1.07. The van der Waals surface area contributed by atoms with Crippen molar-refractivity contribution in [3.8, 4) is 0 Å². The van der Waals surface area contributed by atoms with E-state index in [9.17, 15) is 4.79 Å². The summed E-state index contributed by atoms with van der Waals surface area (Å²) in [6.07, 6.45) is 3.15. The van der Waals surface area contributed by atoms with Gasteiger partial charge in [-0.15, -0.1) is 12.4 Å². The van der Waals surface area contributed by atoms with E-state index in [0.29, 0.717) is 6.54 Å². The first-order valence-electron chi connectivity index (χ1n) is 6.14. The number of amides is 1. The van der Waals surface area contributed by atoms with E-state index in [-0.39, 0.29) is 18.3 Å². The molecule has 6 heteroatoms. The molecular formula is C12H20ClN3O2. The number of aromatic nitrogens is 1. The van der Waals surface area contributed by atoms with Crippen molar-refractivity contribution in [1.82, 2.24) is 10.5 Å². The fourth-order valence-electron chi connectivity index (χ4n) is 1.84. The molecule has 1 aromatic rings. The quantitative estimate of drug-likeness (QED) is 0.848. The van der Waals surface area contributed by atoms with E-state index in [4.69, 9.17) is 10.3 Å². The van der Waals surface area contributed by atoms with Crippen molar-refractivity contribution in [1.29, 1.82) is 0 Å². The Morgan fingerprint density at radius 1 is 1.44 bits per heavy atom. The molecule has 1 aliphatic rings. The number of hydrogen-bond acceptors (Lipinski definition) is 4. The lowest BCUT2D eigenvalue weighted by Gasteiger charge is -2.10. The zero-order valence-corrected chi connectivity index (χ0v) is 11.6. The first-order valence-corrected chi connectivity index (χ1v) is 6.14. The van der Waals surface area contributed by atoms with Crippen LogP contribution in [0.25, 0.3) is 0 Å². The minimum Gasteiger partial charge on any atom is -0.361 e. The smallest absolute Gasteiger partial charge is 0.240 e. The molecule has 1 saturated carbocycles. The molecule has 0 spiro atoms. The molecule has 1 aromatic heterocycles. The molecule has 1 amide bonds. The standard InChI is InChI=1S/C12H19N3O2.ClH/c1-3-9-8(10(4-2)17-15-9)7-14-11(16)12(13)5-6-12;/h3-7,13H2,1-2H3,(H,14,16);1H. The van der Waals surface area contributed by atoms with Crippen LogP contribution < -0.4 is 11.1 Å². The number of halogens is 1. The zero-order valence-electron chi connectivity index (χ0n) is 10.8.